The van der Waals surface area contributed by atoms with Crippen molar-refractivity contribution in [2.24, 2.45) is 0 Å². The van der Waals surface area contributed by atoms with Gasteiger partial charge in [-0.2, -0.15) is 0 Å². The number of amides is 1. The number of hydrogen-bond acceptors (Lipinski definition) is 8. The zero-order valence-corrected chi connectivity index (χ0v) is 18.2. The zero-order chi connectivity index (χ0) is 22.0. The van der Waals surface area contributed by atoms with Crippen LogP contribution < -0.4 is 21.5 Å². The summed E-state index contributed by atoms with van der Waals surface area (Å²) in [6.07, 6.45) is 3.30. The standard InChI is InChI=1S/C22H27N5O3S/c1-30-18-10-13(2-3-16(18)23)15-12-31-21-17(11-25-22(24)20(15)21)26-19(29)6-9-27-7-4-14(28)5-8-27/h2-3,10-12,14,28H,4-9,23H2,1H3,(H2,24,25)(H,26,29). The molecule has 0 aliphatic carbocycles. The molecule has 9 heteroatoms. The molecule has 164 valence electrons. The molecule has 2 aromatic heterocycles. The second kappa shape index (κ2) is 9.09. The number of ether oxygens (including phenoxy) is 1. The number of rotatable bonds is 6. The van der Waals surface area contributed by atoms with Crippen LogP contribution in [0.15, 0.2) is 29.8 Å². The number of pyridine rings is 1. The van der Waals surface area contributed by atoms with Crippen LogP contribution in [0.3, 0.4) is 0 Å². The number of benzene rings is 1. The van der Waals surface area contributed by atoms with Gasteiger partial charge in [0.15, 0.2) is 0 Å². The monoisotopic (exact) mass is 441 g/mol. The summed E-state index contributed by atoms with van der Waals surface area (Å²) < 4.78 is 6.22. The highest BCUT2D eigenvalue weighted by atomic mass is 32.1. The van der Waals surface area contributed by atoms with Crippen LogP contribution in [0.25, 0.3) is 21.2 Å². The number of aliphatic hydroxyl groups is 1. The fourth-order valence-electron chi connectivity index (χ4n) is 3.86. The van der Waals surface area contributed by atoms with Gasteiger partial charge < -0.3 is 31.5 Å². The lowest BCUT2D eigenvalue weighted by atomic mass is 10.0. The number of anilines is 3. The molecule has 31 heavy (non-hydrogen) atoms. The van der Waals surface area contributed by atoms with Crippen LogP contribution in [0.2, 0.25) is 0 Å². The van der Waals surface area contributed by atoms with E-state index in [0.717, 1.165) is 47.1 Å². The van der Waals surface area contributed by atoms with E-state index in [0.29, 0.717) is 35.9 Å². The number of carbonyl (C=O) groups is 1. The lowest BCUT2D eigenvalue weighted by Gasteiger charge is -2.29. The van der Waals surface area contributed by atoms with Crippen LogP contribution in [0.4, 0.5) is 17.2 Å². The smallest absolute Gasteiger partial charge is 0.225 e. The molecular weight excluding hydrogens is 414 g/mol. The number of carbonyl (C=O) groups excluding carboxylic acids is 1. The van der Waals surface area contributed by atoms with Crippen LogP contribution in [0.5, 0.6) is 5.75 Å². The molecule has 3 heterocycles. The number of piperidine rings is 1. The van der Waals surface area contributed by atoms with E-state index in [1.165, 1.54) is 11.3 Å². The average molecular weight is 442 g/mol. The molecule has 1 aromatic carbocycles. The molecule has 0 radical (unpaired) electrons. The molecule has 0 saturated carbocycles. The van der Waals surface area contributed by atoms with Crippen molar-refractivity contribution >= 4 is 44.5 Å². The molecule has 0 bridgehead atoms. The second-order valence-corrected chi connectivity index (χ2v) is 8.62. The topological polar surface area (TPSA) is 127 Å². The van der Waals surface area contributed by atoms with E-state index in [-0.39, 0.29) is 12.0 Å². The number of likely N-dealkylation sites (tertiary alicyclic amines) is 1. The molecule has 4 rings (SSSR count). The molecule has 0 unspecified atom stereocenters. The Hall–Kier alpha value is -2.88. The van der Waals surface area contributed by atoms with Gasteiger partial charge in [-0.1, -0.05) is 6.07 Å². The normalized spacial score (nSPS) is 15.3. The third-order valence-electron chi connectivity index (χ3n) is 5.66. The first kappa shape index (κ1) is 21.4. The van der Waals surface area contributed by atoms with Gasteiger partial charge in [0.1, 0.15) is 11.6 Å². The van der Waals surface area contributed by atoms with E-state index < -0.39 is 0 Å². The van der Waals surface area contributed by atoms with Gasteiger partial charge in [0.25, 0.3) is 0 Å². The largest absolute Gasteiger partial charge is 0.495 e. The first-order chi connectivity index (χ1) is 15.0. The number of nitrogen functional groups attached to an aromatic ring is 2. The van der Waals surface area contributed by atoms with Crippen LogP contribution in [0.1, 0.15) is 19.3 Å². The Morgan fingerprint density at radius 1 is 1.35 bits per heavy atom. The molecule has 1 aliphatic heterocycles. The third kappa shape index (κ3) is 4.58. The van der Waals surface area contributed by atoms with E-state index in [4.69, 9.17) is 16.2 Å². The highest BCUT2D eigenvalue weighted by Gasteiger charge is 2.19. The minimum atomic E-state index is -0.215. The fraction of sp³-hybridized carbons (Fsp3) is 0.364. The Kier molecular flexibility index (Phi) is 6.26. The van der Waals surface area contributed by atoms with Gasteiger partial charge in [0, 0.05) is 42.4 Å². The lowest BCUT2D eigenvalue weighted by Crippen LogP contribution is -2.37. The molecule has 8 nitrogen and oxygen atoms in total. The second-order valence-electron chi connectivity index (χ2n) is 7.74. The highest BCUT2D eigenvalue weighted by Crippen LogP contribution is 2.41. The average Bonchev–Trinajstić information content (AvgIpc) is 3.22. The lowest BCUT2D eigenvalue weighted by molar-refractivity contribution is -0.116. The van der Waals surface area contributed by atoms with Crippen molar-refractivity contribution in [1.29, 1.82) is 0 Å². The van der Waals surface area contributed by atoms with Gasteiger partial charge in [-0.25, -0.2) is 4.98 Å². The molecule has 0 atom stereocenters. The van der Waals surface area contributed by atoms with E-state index in [1.54, 1.807) is 19.4 Å². The van der Waals surface area contributed by atoms with Crippen LogP contribution in [-0.4, -0.2) is 53.7 Å². The summed E-state index contributed by atoms with van der Waals surface area (Å²) in [5.74, 6) is 0.938. The fourth-order valence-corrected chi connectivity index (χ4v) is 4.92. The summed E-state index contributed by atoms with van der Waals surface area (Å²) in [6, 6.07) is 5.59. The summed E-state index contributed by atoms with van der Waals surface area (Å²) in [5.41, 5.74) is 15.2. The number of aromatic nitrogens is 1. The molecule has 1 fully saturated rings. The molecule has 3 aromatic rings. The summed E-state index contributed by atoms with van der Waals surface area (Å²) in [6.45, 7) is 2.31. The molecular formula is C22H27N5O3S. The van der Waals surface area contributed by atoms with Crippen molar-refractivity contribution in [2.75, 3.05) is 43.5 Å². The number of fused-ring (bicyclic) bond motifs is 1. The van der Waals surface area contributed by atoms with Crippen molar-refractivity contribution in [2.45, 2.75) is 25.4 Å². The Balaban J connectivity index is 1.53. The number of nitrogens with one attached hydrogen (secondary N) is 1. The minimum absolute atomic E-state index is 0.0666. The number of nitrogens with two attached hydrogens (primary N) is 2. The van der Waals surface area contributed by atoms with Gasteiger partial charge in [0.2, 0.25) is 5.91 Å². The van der Waals surface area contributed by atoms with Crippen LogP contribution in [0, 0.1) is 0 Å². The first-order valence-electron chi connectivity index (χ1n) is 10.3. The first-order valence-corrected chi connectivity index (χ1v) is 11.1. The molecule has 1 saturated heterocycles. The number of thiophene rings is 1. The SMILES string of the molecule is COc1cc(-c2csc3c(NC(=O)CCN4CCC(O)CC4)cnc(N)c23)ccc1N. The summed E-state index contributed by atoms with van der Waals surface area (Å²) in [5, 5.41) is 15.4. The summed E-state index contributed by atoms with van der Waals surface area (Å²) in [4.78, 5) is 19.1. The number of aliphatic hydroxyl groups excluding tert-OH is 1. The van der Waals surface area contributed by atoms with Crippen molar-refractivity contribution in [3.63, 3.8) is 0 Å². The summed E-state index contributed by atoms with van der Waals surface area (Å²) >= 11 is 1.51. The minimum Gasteiger partial charge on any atom is -0.495 e. The number of nitrogens with zero attached hydrogens (tertiary/aromatic N) is 2. The predicted octanol–water partition coefficient (Wildman–Crippen LogP) is 2.92. The van der Waals surface area contributed by atoms with Gasteiger partial charge >= 0.3 is 0 Å². The molecule has 0 spiro atoms. The highest BCUT2D eigenvalue weighted by molar-refractivity contribution is 7.18. The maximum atomic E-state index is 12.6. The van der Waals surface area contributed by atoms with Crippen molar-refractivity contribution in [1.82, 2.24) is 9.88 Å². The Labute approximate surface area is 184 Å². The van der Waals surface area contributed by atoms with E-state index >= 15 is 0 Å². The quantitative estimate of drug-likeness (QED) is 0.433. The Morgan fingerprint density at radius 2 is 2.13 bits per heavy atom. The van der Waals surface area contributed by atoms with Crippen molar-refractivity contribution in [3.05, 3.63) is 29.8 Å². The molecule has 1 aliphatic rings. The maximum absolute atomic E-state index is 12.6. The predicted molar refractivity (Wildman–Crippen MR) is 125 cm³/mol. The molecule has 6 N–H and O–H groups in total. The van der Waals surface area contributed by atoms with Gasteiger partial charge in [-0.3, -0.25) is 4.79 Å². The molecule has 1 amide bonds. The van der Waals surface area contributed by atoms with E-state index in [1.807, 2.05) is 17.5 Å². The Bertz CT molecular complexity index is 1090. The van der Waals surface area contributed by atoms with E-state index in [9.17, 15) is 9.90 Å². The van der Waals surface area contributed by atoms with Gasteiger partial charge in [-0.05, 0) is 30.5 Å². The Morgan fingerprint density at radius 3 is 2.87 bits per heavy atom. The maximum Gasteiger partial charge on any atom is 0.225 e. The van der Waals surface area contributed by atoms with Crippen molar-refractivity contribution < 1.29 is 14.6 Å². The number of hydrogen-bond donors (Lipinski definition) is 4. The van der Waals surface area contributed by atoms with E-state index in [2.05, 4.69) is 15.2 Å². The zero-order valence-electron chi connectivity index (χ0n) is 17.4. The van der Waals surface area contributed by atoms with Crippen LogP contribution >= 0.6 is 11.3 Å². The van der Waals surface area contributed by atoms with Gasteiger partial charge in [-0.15, -0.1) is 11.3 Å². The third-order valence-corrected chi connectivity index (χ3v) is 6.67. The number of methoxy groups -OCH3 is 1. The van der Waals surface area contributed by atoms with Crippen molar-refractivity contribution in [3.8, 4) is 16.9 Å². The summed E-state index contributed by atoms with van der Waals surface area (Å²) in [7, 11) is 1.58. The van der Waals surface area contributed by atoms with Gasteiger partial charge in [0.05, 0.1) is 35.5 Å². The van der Waals surface area contributed by atoms with Crippen LogP contribution in [-0.2, 0) is 4.79 Å².